The van der Waals surface area contributed by atoms with Gasteiger partial charge in [0.1, 0.15) is 11.9 Å². The number of hydrogen-bond donors (Lipinski definition) is 1. The summed E-state index contributed by atoms with van der Waals surface area (Å²) in [5.74, 6) is -1.38. The molecule has 0 aliphatic carbocycles. The number of fused-ring (bicyclic) bond motifs is 1. The molecule has 2 atom stereocenters. The molecule has 1 aliphatic heterocycles. The summed E-state index contributed by atoms with van der Waals surface area (Å²) in [6.45, 7) is 1.02. The third-order valence-corrected chi connectivity index (χ3v) is 5.58. The summed E-state index contributed by atoms with van der Waals surface area (Å²) >= 11 is 0. The van der Waals surface area contributed by atoms with Crippen LogP contribution in [0.1, 0.15) is 22.3 Å². The summed E-state index contributed by atoms with van der Waals surface area (Å²) in [5, 5.41) is 5.13. The van der Waals surface area contributed by atoms with E-state index >= 15 is 0 Å². The van der Waals surface area contributed by atoms with Crippen LogP contribution in [-0.4, -0.2) is 42.5 Å². The Kier molecular flexibility index (Phi) is 5.77. The number of likely N-dealkylation sites (tertiary alicyclic amines) is 1. The van der Waals surface area contributed by atoms with Crippen LogP contribution in [0.25, 0.3) is 10.8 Å². The second-order valence-corrected chi connectivity index (χ2v) is 7.49. The summed E-state index contributed by atoms with van der Waals surface area (Å²) in [7, 11) is 1.36. The molecule has 0 saturated carbocycles. The summed E-state index contributed by atoms with van der Waals surface area (Å²) < 4.78 is 18.9. The number of rotatable bonds is 5. The van der Waals surface area contributed by atoms with Crippen molar-refractivity contribution >= 4 is 22.6 Å². The van der Waals surface area contributed by atoms with E-state index in [1.807, 2.05) is 29.2 Å². The molecular weight excluding hydrogens is 383 g/mol. The van der Waals surface area contributed by atoms with Crippen LogP contribution in [0.3, 0.4) is 0 Å². The summed E-state index contributed by atoms with van der Waals surface area (Å²) in [6, 6.07) is 19.3. The second-order valence-electron chi connectivity index (χ2n) is 7.49. The maximum Gasteiger partial charge on any atom is 0.323 e. The highest BCUT2D eigenvalue weighted by molar-refractivity contribution is 5.94. The van der Waals surface area contributed by atoms with Crippen LogP contribution >= 0.6 is 0 Å². The van der Waals surface area contributed by atoms with Crippen molar-refractivity contribution in [2.24, 2.45) is 0 Å². The lowest BCUT2D eigenvalue weighted by Crippen LogP contribution is -2.38. The van der Waals surface area contributed by atoms with Crippen LogP contribution in [0.15, 0.2) is 66.7 Å². The van der Waals surface area contributed by atoms with Gasteiger partial charge in [0.25, 0.3) is 5.91 Å². The van der Waals surface area contributed by atoms with Gasteiger partial charge in [0, 0.05) is 19.1 Å². The molecule has 30 heavy (non-hydrogen) atoms. The fourth-order valence-electron chi connectivity index (χ4n) is 4.12. The van der Waals surface area contributed by atoms with Crippen LogP contribution in [-0.2, 0) is 16.1 Å². The lowest BCUT2D eigenvalue weighted by molar-refractivity contribution is -0.146. The molecule has 6 heteroatoms. The van der Waals surface area contributed by atoms with E-state index in [1.54, 1.807) is 12.1 Å². The number of esters is 1. The molecule has 1 heterocycles. The first-order valence-corrected chi connectivity index (χ1v) is 9.90. The molecule has 5 nitrogen and oxygen atoms in total. The quantitative estimate of drug-likeness (QED) is 0.659. The highest BCUT2D eigenvalue weighted by Gasteiger charge is 2.38. The van der Waals surface area contributed by atoms with Gasteiger partial charge in [0.15, 0.2) is 0 Å². The summed E-state index contributed by atoms with van der Waals surface area (Å²) in [6.07, 6.45) is 0.414. The second kappa shape index (κ2) is 8.63. The molecule has 1 aliphatic rings. The van der Waals surface area contributed by atoms with Crippen molar-refractivity contribution in [3.8, 4) is 0 Å². The molecule has 0 aromatic heterocycles. The van der Waals surface area contributed by atoms with E-state index in [0.717, 1.165) is 16.3 Å². The minimum Gasteiger partial charge on any atom is -0.468 e. The average molecular weight is 406 g/mol. The van der Waals surface area contributed by atoms with Crippen molar-refractivity contribution in [3.05, 3.63) is 83.7 Å². The van der Waals surface area contributed by atoms with E-state index in [4.69, 9.17) is 4.74 Å². The number of hydrogen-bond acceptors (Lipinski definition) is 4. The van der Waals surface area contributed by atoms with Gasteiger partial charge < -0.3 is 10.1 Å². The summed E-state index contributed by atoms with van der Waals surface area (Å²) in [5.41, 5.74) is 1.10. The highest BCUT2D eigenvalue weighted by atomic mass is 19.1. The molecule has 0 radical (unpaired) electrons. The predicted molar refractivity (Wildman–Crippen MR) is 112 cm³/mol. The molecule has 1 amide bonds. The van der Waals surface area contributed by atoms with Crippen LogP contribution in [0.4, 0.5) is 4.39 Å². The Morgan fingerprint density at radius 2 is 1.80 bits per heavy atom. The first kappa shape index (κ1) is 20.0. The topological polar surface area (TPSA) is 58.6 Å². The molecule has 154 valence electrons. The molecular formula is C24H23FN2O3. The van der Waals surface area contributed by atoms with E-state index in [9.17, 15) is 14.0 Å². The molecule has 4 rings (SSSR count). The van der Waals surface area contributed by atoms with Crippen LogP contribution in [0, 0.1) is 5.82 Å². The van der Waals surface area contributed by atoms with Crippen molar-refractivity contribution in [1.82, 2.24) is 10.2 Å². The van der Waals surface area contributed by atoms with Gasteiger partial charge in [0.05, 0.1) is 12.7 Å². The van der Waals surface area contributed by atoms with Crippen molar-refractivity contribution in [2.45, 2.75) is 25.0 Å². The fourth-order valence-corrected chi connectivity index (χ4v) is 4.12. The van der Waals surface area contributed by atoms with Crippen LogP contribution in [0.2, 0.25) is 0 Å². The third-order valence-electron chi connectivity index (χ3n) is 5.58. The van der Waals surface area contributed by atoms with Crippen LogP contribution < -0.4 is 5.32 Å². The van der Waals surface area contributed by atoms with Gasteiger partial charge in [0.2, 0.25) is 0 Å². The first-order valence-electron chi connectivity index (χ1n) is 9.90. The number of benzene rings is 3. The number of nitrogens with zero attached hydrogens (tertiary/aromatic N) is 1. The minimum absolute atomic E-state index is 0.000350. The largest absolute Gasteiger partial charge is 0.468 e. The number of nitrogens with one attached hydrogen (secondary N) is 1. The third kappa shape index (κ3) is 4.04. The van der Waals surface area contributed by atoms with Gasteiger partial charge >= 0.3 is 5.97 Å². The predicted octanol–water partition coefficient (Wildman–Crippen LogP) is 3.52. The molecule has 0 bridgehead atoms. The van der Waals surface area contributed by atoms with Crippen molar-refractivity contribution in [2.75, 3.05) is 13.7 Å². The minimum atomic E-state index is -0.565. The van der Waals surface area contributed by atoms with Crippen molar-refractivity contribution in [1.29, 1.82) is 0 Å². The zero-order chi connectivity index (χ0) is 21.1. The average Bonchev–Trinajstić information content (AvgIpc) is 3.15. The van der Waals surface area contributed by atoms with Gasteiger partial charge in [-0.25, -0.2) is 4.39 Å². The molecule has 3 aromatic rings. The van der Waals surface area contributed by atoms with Crippen molar-refractivity contribution < 1.29 is 18.7 Å². The normalized spacial score (nSPS) is 19.0. The smallest absolute Gasteiger partial charge is 0.323 e. The Hall–Kier alpha value is -3.25. The van der Waals surface area contributed by atoms with Gasteiger partial charge in [-0.05, 0) is 34.9 Å². The Balaban J connectivity index is 1.54. The lowest BCUT2D eigenvalue weighted by Gasteiger charge is -2.23. The molecule has 1 N–H and O–H groups in total. The Morgan fingerprint density at radius 1 is 1.07 bits per heavy atom. The molecule has 1 fully saturated rings. The van der Waals surface area contributed by atoms with E-state index < -0.39 is 17.8 Å². The van der Waals surface area contributed by atoms with E-state index in [2.05, 4.69) is 23.5 Å². The monoisotopic (exact) mass is 406 g/mol. The van der Waals surface area contributed by atoms with Crippen molar-refractivity contribution in [3.63, 3.8) is 0 Å². The Bertz CT molecular complexity index is 1080. The van der Waals surface area contributed by atoms with Gasteiger partial charge in [-0.3, -0.25) is 14.5 Å². The standard InChI is InChI=1S/C24H23FN2O3/c1-30-24(29)22-13-18(26-23(28)20-11-4-5-12-21(20)25)15-27(22)14-17-9-6-8-16-7-2-3-10-19(16)17/h2-12,18,22H,13-15H2,1H3,(H,26,28)/t18-,22+/m1/s1. The van der Waals surface area contributed by atoms with Gasteiger partial charge in [-0.1, -0.05) is 54.6 Å². The first-order chi connectivity index (χ1) is 14.6. The lowest BCUT2D eigenvalue weighted by atomic mass is 10.0. The molecule has 0 unspecified atom stereocenters. The number of carbonyl (C=O) groups excluding carboxylic acids is 2. The number of methoxy groups -OCH3 is 1. The number of ether oxygens (including phenoxy) is 1. The number of amides is 1. The van der Waals surface area contributed by atoms with E-state index in [1.165, 1.54) is 19.2 Å². The zero-order valence-electron chi connectivity index (χ0n) is 16.7. The zero-order valence-corrected chi connectivity index (χ0v) is 16.7. The molecule has 3 aromatic carbocycles. The number of halogens is 1. The molecule has 0 spiro atoms. The molecule has 1 saturated heterocycles. The van der Waals surface area contributed by atoms with Crippen LogP contribution in [0.5, 0.6) is 0 Å². The number of carbonyl (C=O) groups is 2. The Labute approximate surface area is 174 Å². The van der Waals surface area contributed by atoms with E-state index in [0.29, 0.717) is 19.5 Å². The highest BCUT2D eigenvalue weighted by Crippen LogP contribution is 2.26. The van der Waals surface area contributed by atoms with Gasteiger partial charge in [-0.15, -0.1) is 0 Å². The van der Waals surface area contributed by atoms with E-state index in [-0.39, 0.29) is 17.6 Å². The SMILES string of the molecule is COC(=O)[C@@H]1C[C@@H](NC(=O)c2ccccc2F)CN1Cc1cccc2ccccc12. The maximum atomic E-state index is 13.9. The fraction of sp³-hybridized carbons (Fsp3) is 0.250. The maximum absolute atomic E-state index is 13.9. The Morgan fingerprint density at radius 3 is 2.60 bits per heavy atom. The van der Waals surface area contributed by atoms with Gasteiger partial charge in [-0.2, -0.15) is 0 Å². The summed E-state index contributed by atoms with van der Waals surface area (Å²) in [4.78, 5) is 26.9.